The average molecular weight is 330 g/mol. The van der Waals surface area contributed by atoms with Gasteiger partial charge in [0.25, 0.3) is 5.91 Å². The molecule has 2 N–H and O–H groups in total. The van der Waals surface area contributed by atoms with Crippen LogP contribution >= 0.6 is 0 Å². The number of carbonyl (C=O) groups is 1. The third kappa shape index (κ3) is 3.64. The minimum atomic E-state index is -0.173. The molecule has 0 bridgehead atoms. The monoisotopic (exact) mass is 330 g/mol. The Morgan fingerprint density at radius 2 is 2.04 bits per heavy atom. The summed E-state index contributed by atoms with van der Waals surface area (Å²) in [6.07, 6.45) is 3.99. The van der Waals surface area contributed by atoms with Crippen LogP contribution in [-0.4, -0.2) is 47.2 Å². The normalized spacial score (nSPS) is 14.0. The molecule has 24 heavy (non-hydrogen) atoms. The number of hydrogen-bond donors (Lipinski definition) is 2. The number of hydrogen-bond acceptors (Lipinski definition) is 7. The van der Waals surface area contributed by atoms with E-state index in [1.165, 1.54) is 12.8 Å². The molecule has 2 aromatic heterocycles. The summed E-state index contributed by atoms with van der Waals surface area (Å²) in [5, 5.41) is 9.85. The number of carbonyl (C=O) groups excluding carboxylic acids is 1. The Labute approximate surface area is 140 Å². The Morgan fingerprint density at radius 3 is 2.75 bits per heavy atom. The van der Waals surface area contributed by atoms with Crippen molar-refractivity contribution in [2.45, 2.75) is 26.7 Å². The number of nitrogens with zero attached hydrogens (tertiary/aromatic N) is 4. The van der Waals surface area contributed by atoms with E-state index in [4.69, 9.17) is 4.52 Å². The minimum absolute atomic E-state index is 0.173. The minimum Gasteiger partial charge on any atom is -0.368 e. The summed E-state index contributed by atoms with van der Waals surface area (Å²) >= 11 is 0. The van der Waals surface area contributed by atoms with E-state index < -0.39 is 0 Å². The molecule has 3 rings (SSSR count). The highest BCUT2D eigenvalue weighted by Gasteiger charge is 2.17. The quantitative estimate of drug-likeness (QED) is 0.775. The molecule has 1 amide bonds. The van der Waals surface area contributed by atoms with E-state index in [1.807, 2.05) is 6.07 Å². The Morgan fingerprint density at radius 1 is 1.25 bits per heavy atom. The number of aromatic nitrogens is 3. The fraction of sp³-hybridized carbons (Fsp3) is 0.500. The van der Waals surface area contributed by atoms with Crippen LogP contribution in [0.5, 0.6) is 0 Å². The van der Waals surface area contributed by atoms with Crippen LogP contribution in [0, 0.1) is 13.8 Å². The molecule has 1 saturated heterocycles. The van der Waals surface area contributed by atoms with E-state index in [1.54, 1.807) is 20.2 Å². The zero-order valence-electron chi connectivity index (χ0n) is 14.0. The number of aryl methyl sites for hydroxylation is 2. The van der Waals surface area contributed by atoms with Gasteiger partial charge in [0.15, 0.2) is 0 Å². The molecule has 0 unspecified atom stereocenters. The van der Waals surface area contributed by atoms with Crippen LogP contribution < -0.4 is 15.5 Å². The van der Waals surface area contributed by atoms with Crippen LogP contribution in [-0.2, 0) is 0 Å². The first-order chi connectivity index (χ1) is 11.6. The van der Waals surface area contributed by atoms with Gasteiger partial charge in [-0.25, -0.2) is 9.97 Å². The molecule has 2 aromatic rings. The third-order valence-electron chi connectivity index (χ3n) is 4.06. The van der Waals surface area contributed by atoms with E-state index in [2.05, 4.69) is 30.7 Å². The van der Waals surface area contributed by atoms with E-state index in [-0.39, 0.29) is 5.91 Å². The van der Waals surface area contributed by atoms with E-state index in [0.717, 1.165) is 24.7 Å². The molecule has 0 saturated carbocycles. The molecule has 0 radical (unpaired) electrons. The van der Waals surface area contributed by atoms with Gasteiger partial charge in [0.1, 0.15) is 29.3 Å². The molecular weight excluding hydrogens is 308 g/mol. The molecule has 0 atom stereocenters. The van der Waals surface area contributed by atoms with Crippen molar-refractivity contribution in [3.05, 3.63) is 29.4 Å². The Kier molecular flexibility index (Phi) is 4.93. The van der Waals surface area contributed by atoms with Gasteiger partial charge in [-0.2, -0.15) is 0 Å². The topological polar surface area (TPSA) is 96.2 Å². The second-order valence-electron chi connectivity index (χ2n) is 5.84. The van der Waals surface area contributed by atoms with Crippen LogP contribution in [0.4, 0.5) is 11.6 Å². The van der Waals surface area contributed by atoms with Crippen molar-refractivity contribution in [3.8, 4) is 0 Å². The van der Waals surface area contributed by atoms with Crippen LogP contribution in [0.3, 0.4) is 0 Å². The lowest BCUT2D eigenvalue weighted by molar-refractivity contribution is 0.0953. The van der Waals surface area contributed by atoms with Crippen molar-refractivity contribution in [1.82, 2.24) is 20.4 Å². The zero-order chi connectivity index (χ0) is 16.9. The summed E-state index contributed by atoms with van der Waals surface area (Å²) in [7, 11) is 0. The molecule has 1 aliphatic rings. The standard InChI is InChI=1S/C16H22N6O2/c1-11-15(12(2)24-21-11)16(23)18-6-5-17-13-9-14(20-10-19-13)22-7-3-4-8-22/h9-10H,3-8H2,1-2H3,(H,18,23)(H,17,19,20). The summed E-state index contributed by atoms with van der Waals surface area (Å²) in [4.78, 5) is 22.9. The smallest absolute Gasteiger partial charge is 0.256 e. The lowest BCUT2D eigenvalue weighted by Gasteiger charge is -2.16. The molecule has 1 aliphatic heterocycles. The highest BCUT2D eigenvalue weighted by molar-refractivity contribution is 5.96. The van der Waals surface area contributed by atoms with Gasteiger partial charge in [-0.3, -0.25) is 4.79 Å². The predicted octanol–water partition coefficient (Wildman–Crippen LogP) is 1.52. The Bertz CT molecular complexity index is 689. The van der Waals surface area contributed by atoms with Gasteiger partial charge < -0.3 is 20.1 Å². The maximum absolute atomic E-state index is 12.1. The maximum Gasteiger partial charge on any atom is 0.256 e. The van der Waals surface area contributed by atoms with Gasteiger partial charge in [-0.1, -0.05) is 5.16 Å². The second kappa shape index (κ2) is 7.29. The summed E-state index contributed by atoms with van der Waals surface area (Å²) in [6.45, 7) is 6.63. The average Bonchev–Trinajstić information content (AvgIpc) is 3.22. The van der Waals surface area contributed by atoms with E-state index in [9.17, 15) is 4.79 Å². The molecular formula is C16H22N6O2. The van der Waals surface area contributed by atoms with Crippen molar-refractivity contribution in [2.75, 3.05) is 36.4 Å². The molecule has 128 valence electrons. The van der Waals surface area contributed by atoms with Gasteiger partial charge >= 0.3 is 0 Å². The van der Waals surface area contributed by atoms with Crippen molar-refractivity contribution < 1.29 is 9.32 Å². The number of nitrogens with one attached hydrogen (secondary N) is 2. The number of rotatable bonds is 6. The summed E-state index contributed by atoms with van der Waals surface area (Å²) in [5.74, 6) is 2.07. The zero-order valence-corrected chi connectivity index (χ0v) is 14.0. The Balaban J connectivity index is 1.48. The molecule has 3 heterocycles. The first-order valence-corrected chi connectivity index (χ1v) is 8.17. The molecule has 1 fully saturated rings. The molecule has 8 heteroatoms. The largest absolute Gasteiger partial charge is 0.368 e. The van der Waals surface area contributed by atoms with Crippen LogP contribution in [0.15, 0.2) is 16.9 Å². The molecule has 0 spiro atoms. The van der Waals surface area contributed by atoms with E-state index in [0.29, 0.717) is 30.1 Å². The first-order valence-electron chi connectivity index (χ1n) is 8.17. The van der Waals surface area contributed by atoms with Crippen LogP contribution in [0.1, 0.15) is 34.7 Å². The van der Waals surface area contributed by atoms with Crippen molar-refractivity contribution >= 4 is 17.5 Å². The highest BCUT2D eigenvalue weighted by Crippen LogP contribution is 2.19. The van der Waals surface area contributed by atoms with Crippen molar-refractivity contribution in [3.63, 3.8) is 0 Å². The van der Waals surface area contributed by atoms with Crippen molar-refractivity contribution in [2.24, 2.45) is 0 Å². The highest BCUT2D eigenvalue weighted by atomic mass is 16.5. The third-order valence-corrected chi connectivity index (χ3v) is 4.06. The second-order valence-corrected chi connectivity index (χ2v) is 5.84. The van der Waals surface area contributed by atoms with Crippen LogP contribution in [0.25, 0.3) is 0 Å². The van der Waals surface area contributed by atoms with Gasteiger partial charge in [-0.15, -0.1) is 0 Å². The lowest BCUT2D eigenvalue weighted by atomic mass is 10.2. The SMILES string of the molecule is Cc1noc(C)c1C(=O)NCCNc1cc(N2CCCC2)ncn1. The molecule has 8 nitrogen and oxygen atoms in total. The Hall–Kier alpha value is -2.64. The van der Waals surface area contributed by atoms with Gasteiger partial charge in [-0.05, 0) is 26.7 Å². The van der Waals surface area contributed by atoms with Gasteiger partial charge in [0, 0.05) is 32.2 Å². The first kappa shape index (κ1) is 16.2. The number of amides is 1. The van der Waals surface area contributed by atoms with Gasteiger partial charge in [0.2, 0.25) is 0 Å². The van der Waals surface area contributed by atoms with E-state index >= 15 is 0 Å². The molecule has 0 aliphatic carbocycles. The van der Waals surface area contributed by atoms with Crippen molar-refractivity contribution in [1.29, 1.82) is 0 Å². The predicted molar refractivity (Wildman–Crippen MR) is 90.3 cm³/mol. The fourth-order valence-corrected chi connectivity index (χ4v) is 2.83. The fourth-order valence-electron chi connectivity index (χ4n) is 2.83. The van der Waals surface area contributed by atoms with Gasteiger partial charge in [0.05, 0.1) is 5.69 Å². The summed E-state index contributed by atoms with van der Waals surface area (Å²) < 4.78 is 5.01. The van der Waals surface area contributed by atoms with Crippen LogP contribution in [0.2, 0.25) is 0 Å². The lowest BCUT2D eigenvalue weighted by Crippen LogP contribution is -2.29. The summed E-state index contributed by atoms with van der Waals surface area (Å²) in [6, 6.07) is 1.95. The maximum atomic E-state index is 12.1. The molecule has 0 aromatic carbocycles. The summed E-state index contributed by atoms with van der Waals surface area (Å²) in [5.41, 5.74) is 1.11. The number of anilines is 2.